The van der Waals surface area contributed by atoms with Gasteiger partial charge in [0.05, 0.1) is 0 Å². The Hall–Kier alpha value is -2.04. The Kier molecular flexibility index (Phi) is 5.61. The molecule has 0 unspecified atom stereocenters. The summed E-state index contributed by atoms with van der Waals surface area (Å²) in [6.45, 7) is 6.34. The molecule has 5 heteroatoms. The van der Waals surface area contributed by atoms with Gasteiger partial charge >= 0.3 is 6.03 Å². The lowest BCUT2D eigenvalue weighted by molar-refractivity contribution is -0.122. The minimum absolute atomic E-state index is 0.0238. The maximum Gasteiger partial charge on any atom is 0.320 e. The van der Waals surface area contributed by atoms with Gasteiger partial charge in [-0.3, -0.25) is 4.79 Å². The molecule has 0 spiro atoms. The lowest BCUT2D eigenvalue weighted by Crippen LogP contribution is -2.46. The summed E-state index contributed by atoms with van der Waals surface area (Å²) in [5.41, 5.74) is 2.34. The highest BCUT2D eigenvalue weighted by atomic mass is 16.2. The number of hydrogen-bond donors (Lipinski definition) is 1. The van der Waals surface area contributed by atoms with Gasteiger partial charge in [-0.15, -0.1) is 0 Å². The van der Waals surface area contributed by atoms with Gasteiger partial charge in [0.1, 0.15) is 6.54 Å². The number of rotatable bonds is 5. The van der Waals surface area contributed by atoms with Crippen molar-refractivity contribution in [3.63, 3.8) is 0 Å². The van der Waals surface area contributed by atoms with Crippen LogP contribution in [0, 0.1) is 12.8 Å². The molecule has 3 rings (SSSR count). The Bertz CT molecular complexity index is 614. The van der Waals surface area contributed by atoms with E-state index < -0.39 is 0 Å². The summed E-state index contributed by atoms with van der Waals surface area (Å²) in [7, 11) is 0. The van der Waals surface area contributed by atoms with E-state index in [0.29, 0.717) is 25.6 Å². The maximum absolute atomic E-state index is 12.5. The number of nitrogens with one attached hydrogen (secondary N) is 1. The average Bonchev–Trinajstić information content (AvgIpc) is 2.92. The third-order valence-electron chi connectivity index (χ3n) is 5.47. The van der Waals surface area contributed by atoms with Crippen LogP contribution in [-0.4, -0.2) is 47.4 Å². The van der Waals surface area contributed by atoms with Gasteiger partial charge in [-0.25, -0.2) is 4.79 Å². The summed E-state index contributed by atoms with van der Waals surface area (Å²) >= 11 is 0. The highest BCUT2D eigenvalue weighted by molar-refractivity contribution is 5.85. The van der Waals surface area contributed by atoms with Gasteiger partial charge in [0, 0.05) is 25.7 Å². The van der Waals surface area contributed by atoms with Crippen molar-refractivity contribution < 1.29 is 9.59 Å². The molecule has 1 saturated heterocycles. The van der Waals surface area contributed by atoms with Crippen molar-refractivity contribution in [3.8, 4) is 0 Å². The van der Waals surface area contributed by atoms with Gasteiger partial charge in [0.25, 0.3) is 0 Å². The Morgan fingerprint density at radius 1 is 1.12 bits per heavy atom. The number of hydrogen-bond acceptors (Lipinski definition) is 2. The molecule has 1 aliphatic carbocycles. The number of aryl methyl sites for hydroxylation is 1. The van der Waals surface area contributed by atoms with Crippen LogP contribution in [0.2, 0.25) is 0 Å². The molecule has 2 aliphatic rings. The third-order valence-corrected chi connectivity index (χ3v) is 5.47. The predicted molar refractivity (Wildman–Crippen MR) is 98.1 cm³/mol. The Labute approximate surface area is 150 Å². The predicted octanol–water partition coefficient (Wildman–Crippen LogP) is 2.93. The van der Waals surface area contributed by atoms with E-state index in [2.05, 4.69) is 43.4 Å². The van der Waals surface area contributed by atoms with Crippen LogP contribution in [-0.2, 0) is 11.3 Å². The van der Waals surface area contributed by atoms with Crippen molar-refractivity contribution in [1.82, 2.24) is 15.1 Å². The van der Waals surface area contributed by atoms with E-state index >= 15 is 0 Å². The van der Waals surface area contributed by atoms with Crippen molar-refractivity contribution in [3.05, 3.63) is 35.4 Å². The standard InChI is InChI=1S/C20H29N3O2/c1-15-7-9-17(10-8-15)13-22-11-12-23(20(22)25)14-19(24)21-18-6-4-3-5-16(18)2/h7-10,16,18H,3-6,11-14H2,1-2H3,(H,21,24)/t16-,18+/m1/s1. The van der Waals surface area contributed by atoms with Crippen molar-refractivity contribution in [2.45, 2.75) is 52.1 Å². The lowest BCUT2D eigenvalue weighted by atomic mass is 9.86. The van der Waals surface area contributed by atoms with E-state index in [1.807, 2.05) is 4.90 Å². The van der Waals surface area contributed by atoms with Crippen LogP contribution in [0.1, 0.15) is 43.7 Å². The SMILES string of the molecule is Cc1ccc(CN2CCN(CC(=O)N[C@H]3CCCC[C@H]3C)C2=O)cc1. The largest absolute Gasteiger partial charge is 0.352 e. The number of amides is 3. The zero-order valence-corrected chi connectivity index (χ0v) is 15.3. The third kappa shape index (κ3) is 4.53. The molecule has 3 amide bonds. The number of nitrogens with zero attached hydrogens (tertiary/aromatic N) is 2. The molecule has 0 bridgehead atoms. The van der Waals surface area contributed by atoms with Crippen LogP contribution in [0.3, 0.4) is 0 Å². The monoisotopic (exact) mass is 343 g/mol. The quantitative estimate of drug-likeness (QED) is 0.894. The second-order valence-corrected chi connectivity index (χ2v) is 7.55. The van der Waals surface area contributed by atoms with Gasteiger partial charge in [-0.2, -0.15) is 0 Å². The molecule has 25 heavy (non-hydrogen) atoms. The molecule has 1 aromatic rings. The molecule has 0 aromatic heterocycles. The number of carbonyl (C=O) groups is 2. The topological polar surface area (TPSA) is 52.6 Å². The van der Waals surface area contributed by atoms with Crippen molar-refractivity contribution in [2.24, 2.45) is 5.92 Å². The van der Waals surface area contributed by atoms with E-state index in [1.165, 1.54) is 24.8 Å². The van der Waals surface area contributed by atoms with E-state index in [4.69, 9.17) is 0 Å². The molecule has 1 aromatic carbocycles. The molecule has 136 valence electrons. The fourth-order valence-electron chi connectivity index (χ4n) is 3.80. The molecule has 1 N–H and O–H groups in total. The summed E-state index contributed by atoms with van der Waals surface area (Å²) in [5.74, 6) is 0.509. The molecule has 0 radical (unpaired) electrons. The average molecular weight is 343 g/mol. The van der Waals surface area contributed by atoms with Gasteiger partial charge in [-0.05, 0) is 31.2 Å². The first-order chi connectivity index (χ1) is 12.0. The summed E-state index contributed by atoms with van der Waals surface area (Å²) < 4.78 is 0. The smallest absolute Gasteiger partial charge is 0.320 e. The molecular weight excluding hydrogens is 314 g/mol. The highest BCUT2D eigenvalue weighted by Gasteiger charge is 2.31. The fourth-order valence-corrected chi connectivity index (χ4v) is 3.80. The zero-order valence-electron chi connectivity index (χ0n) is 15.3. The zero-order chi connectivity index (χ0) is 17.8. The van der Waals surface area contributed by atoms with Crippen molar-refractivity contribution >= 4 is 11.9 Å². The first-order valence-electron chi connectivity index (χ1n) is 9.41. The van der Waals surface area contributed by atoms with Crippen LogP contribution in [0.25, 0.3) is 0 Å². The molecule has 2 fully saturated rings. The summed E-state index contributed by atoms with van der Waals surface area (Å²) in [6, 6.07) is 8.47. The second kappa shape index (κ2) is 7.89. The van der Waals surface area contributed by atoms with E-state index in [0.717, 1.165) is 12.0 Å². The first-order valence-corrected chi connectivity index (χ1v) is 9.41. The summed E-state index contributed by atoms with van der Waals surface area (Å²) in [6.07, 6.45) is 4.67. The van der Waals surface area contributed by atoms with Gasteiger partial charge in [0.15, 0.2) is 0 Å². The fraction of sp³-hybridized carbons (Fsp3) is 0.600. The molecule has 1 aliphatic heterocycles. The molecule has 2 atom stereocenters. The van der Waals surface area contributed by atoms with Crippen molar-refractivity contribution in [1.29, 1.82) is 0 Å². The van der Waals surface area contributed by atoms with Crippen molar-refractivity contribution in [2.75, 3.05) is 19.6 Å². The van der Waals surface area contributed by atoms with Crippen LogP contribution in [0.5, 0.6) is 0 Å². The van der Waals surface area contributed by atoms with Gasteiger partial charge in [-0.1, -0.05) is 49.6 Å². The minimum Gasteiger partial charge on any atom is -0.352 e. The lowest BCUT2D eigenvalue weighted by Gasteiger charge is -2.30. The molecule has 5 nitrogen and oxygen atoms in total. The maximum atomic E-state index is 12.5. The van der Waals surface area contributed by atoms with Crippen LogP contribution < -0.4 is 5.32 Å². The van der Waals surface area contributed by atoms with E-state index in [9.17, 15) is 9.59 Å². The Morgan fingerprint density at radius 2 is 1.80 bits per heavy atom. The van der Waals surface area contributed by atoms with E-state index in [-0.39, 0.29) is 24.5 Å². The number of carbonyl (C=O) groups excluding carboxylic acids is 2. The minimum atomic E-state index is -0.0348. The second-order valence-electron chi connectivity index (χ2n) is 7.55. The van der Waals surface area contributed by atoms with E-state index in [1.54, 1.807) is 4.90 Å². The molecule has 1 heterocycles. The highest BCUT2D eigenvalue weighted by Crippen LogP contribution is 2.23. The molecular formula is C20H29N3O2. The van der Waals surface area contributed by atoms with Crippen LogP contribution in [0.15, 0.2) is 24.3 Å². The summed E-state index contributed by atoms with van der Waals surface area (Å²) in [4.78, 5) is 28.4. The van der Waals surface area contributed by atoms with Crippen LogP contribution in [0.4, 0.5) is 4.79 Å². The first kappa shape index (κ1) is 17.8. The van der Waals surface area contributed by atoms with Crippen LogP contribution >= 0.6 is 0 Å². The summed E-state index contributed by atoms with van der Waals surface area (Å²) in [5, 5.41) is 3.14. The van der Waals surface area contributed by atoms with Gasteiger partial charge < -0.3 is 15.1 Å². The number of urea groups is 1. The Morgan fingerprint density at radius 3 is 2.52 bits per heavy atom. The number of benzene rings is 1. The normalized spacial score (nSPS) is 23.8. The van der Waals surface area contributed by atoms with Gasteiger partial charge in [0.2, 0.25) is 5.91 Å². The Balaban J connectivity index is 1.49. The molecule has 1 saturated carbocycles.